The summed E-state index contributed by atoms with van der Waals surface area (Å²) >= 11 is 0. The maximum atomic E-state index is 9.53. The van der Waals surface area contributed by atoms with E-state index in [1.165, 1.54) is 32.4 Å². The van der Waals surface area contributed by atoms with Crippen molar-refractivity contribution in [3.63, 3.8) is 0 Å². The zero-order valence-corrected chi connectivity index (χ0v) is 13.0. The summed E-state index contributed by atoms with van der Waals surface area (Å²) in [6, 6.07) is 3.56. The van der Waals surface area contributed by atoms with Gasteiger partial charge in [-0.3, -0.25) is 5.32 Å². The summed E-state index contributed by atoms with van der Waals surface area (Å²) in [4.78, 5) is 2.63. The Kier molecular flexibility index (Phi) is 4.23. The van der Waals surface area contributed by atoms with Crippen molar-refractivity contribution >= 4 is 0 Å². The zero-order chi connectivity index (χ0) is 14.1. The summed E-state index contributed by atoms with van der Waals surface area (Å²) in [6.45, 7) is 11.4. The molecule has 1 aliphatic heterocycles. The van der Waals surface area contributed by atoms with Gasteiger partial charge in [-0.25, -0.2) is 0 Å². The van der Waals surface area contributed by atoms with E-state index < -0.39 is 0 Å². The van der Waals surface area contributed by atoms with Gasteiger partial charge in [0.1, 0.15) is 5.54 Å². The Morgan fingerprint density at radius 2 is 1.84 bits per heavy atom. The van der Waals surface area contributed by atoms with Gasteiger partial charge in [-0.2, -0.15) is 5.26 Å². The minimum Gasteiger partial charge on any atom is -0.300 e. The van der Waals surface area contributed by atoms with Crippen molar-refractivity contribution in [1.29, 1.82) is 5.26 Å². The molecule has 0 amide bonds. The van der Waals surface area contributed by atoms with Gasteiger partial charge in [0.15, 0.2) is 0 Å². The lowest BCUT2D eigenvalue weighted by Crippen LogP contribution is -2.48. The van der Waals surface area contributed by atoms with Gasteiger partial charge in [0, 0.05) is 12.1 Å². The molecule has 2 rings (SSSR count). The number of likely N-dealkylation sites (tertiary alicyclic amines) is 1. The quantitative estimate of drug-likeness (QED) is 0.851. The smallest absolute Gasteiger partial charge is 0.108 e. The summed E-state index contributed by atoms with van der Waals surface area (Å²) in [5.41, 5.74) is 0.239. The summed E-state index contributed by atoms with van der Waals surface area (Å²) in [5, 5.41) is 13.0. The van der Waals surface area contributed by atoms with Crippen LogP contribution in [-0.4, -0.2) is 35.6 Å². The monoisotopic (exact) mass is 263 g/mol. The molecule has 2 unspecified atom stereocenters. The molecule has 0 spiro atoms. The first-order valence-electron chi connectivity index (χ1n) is 7.79. The van der Waals surface area contributed by atoms with Gasteiger partial charge in [-0.15, -0.1) is 0 Å². The van der Waals surface area contributed by atoms with Gasteiger partial charge in [-0.1, -0.05) is 13.8 Å². The van der Waals surface area contributed by atoms with Crippen molar-refractivity contribution in [3.8, 4) is 6.07 Å². The highest BCUT2D eigenvalue weighted by atomic mass is 15.2. The average Bonchev–Trinajstić information content (AvgIpc) is 2.73. The predicted octanol–water partition coefficient (Wildman–Crippen LogP) is 2.92. The molecule has 1 N–H and O–H groups in total. The van der Waals surface area contributed by atoms with E-state index in [4.69, 9.17) is 0 Å². The summed E-state index contributed by atoms with van der Waals surface area (Å²) in [6.07, 6.45) is 5.77. The normalized spacial score (nSPS) is 35.5. The fraction of sp³-hybridized carbons (Fsp3) is 0.938. The van der Waals surface area contributed by atoms with Gasteiger partial charge in [0.05, 0.1) is 6.07 Å². The predicted molar refractivity (Wildman–Crippen MR) is 78.8 cm³/mol. The van der Waals surface area contributed by atoms with Crippen LogP contribution in [0.1, 0.15) is 59.8 Å². The van der Waals surface area contributed by atoms with E-state index >= 15 is 0 Å². The molecule has 0 aromatic carbocycles. The van der Waals surface area contributed by atoms with Crippen LogP contribution in [0.4, 0.5) is 0 Å². The van der Waals surface area contributed by atoms with Crippen molar-refractivity contribution in [3.05, 3.63) is 0 Å². The maximum absolute atomic E-state index is 9.53. The highest BCUT2D eigenvalue weighted by Gasteiger charge is 2.42. The van der Waals surface area contributed by atoms with Crippen LogP contribution in [-0.2, 0) is 0 Å². The third-order valence-corrected chi connectivity index (χ3v) is 4.94. The average molecular weight is 263 g/mol. The molecule has 0 bridgehead atoms. The van der Waals surface area contributed by atoms with Crippen LogP contribution < -0.4 is 5.32 Å². The third-order valence-electron chi connectivity index (χ3n) is 4.94. The van der Waals surface area contributed by atoms with Crippen LogP contribution in [0.5, 0.6) is 0 Å². The maximum Gasteiger partial charge on any atom is 0.108 e. The topological polar surface area (TPSA) is 39.1 Å². The van der Waals surface area contributed by atoms with Crippen LogP contribution >= 0.6 is 0 Å². The van der Waals surface area contributed by atoms with Crippen molar-refractivity contribution in [2.24, 2.45) is 5.41 Å². The Bertz CT molecular complexity index is 345. The molecular formula is C16H29N3. The first-order chi connectivity index (χ1) is 8.86. The summed E-state index contributed by atoms with van der Waals surface area (Å²) < 4.78 is 0. The van der Waals surface area contributed by atoms with E-state index in [1.807, 2.05) is 0 Å². The number of hydrogen-bond donors (Lipinski definition) is 1. The second-order valence-corrected chi connectivity index (χ2v) is 7.59. The first kappa shape index (κ1) is 14.8. The fourth-order valence-electron chi connectivity index (χ4n) is 3.64. The molecule has 108 valence electrons. The van der Waals surface area contributed by atoms with Crippen LogP contribution in [0.2, 0.25) is 0 Å². The number of nitriles is 1. The van der Waals surface area contributed by atoms with Crippen LogP contribution in [0.25, 0.3) is 0 Å². The van der Waals surface area contributed by atoms with E-state index in [0.717, 1.165) is 12.8 Å². The molecule has 1 heterocycles. The standard InChI is InChI=1S/C16H29N3/c1-13(2)18-16(12-17)6-5-14(11-16)19-9-7-15(3,4)8-10-19/h13-14,18H,5-11H2,1-4H3. The largest absolute Gasteiger partial charge is 0.300 e. The molecule has 3 nitrogen and oxygen atoms in total. The molecule has 2 fully saturated rings. The Hall–Kier alpha value is -0.590. The van der Waals surface area contributed by atoms with E-state index in [0.29, 0.717) is 17.5 Å². The third kappa shape index (κ3) is 3.49. The van der Waals surface area contributed by atoms with E-state index in [1.54, 1.807) is 0 Å². The lowest BCUT2D eigenvalue weighted by Gasteiger charge is -2.40. The van der Waals surface area contributed by atoms with Gasteiger partial charge in [0.25, 0.3) is 0 Å². The molecule has 1 aliphatic carbocycles. The van der Waals surface area contributed by atoms with Crippen molar-refractivity contribution in [1.82, 2.24) is 10.2 Å². The highest BCUT2D eigenvalue weighted by molar-refractivity contribution is 5.14. The van der Waals surface area contributed by atoms with Gasteiger partial charge < -0.3 is 4.90 Å². The van der Waals surface area contributed by atoms with Crippen LogP contribution in [0.15, 0.2) is 0 Å². The van der Waals surface area contributed by atoms with Crippen LogP contribution in [0.3, 0.4) is 0 Å². The number of hydrogen-bond acceptors (Lipinski definition) is 3. The molecule has 1 saturated heterocycles. The first-order valence-corrected chi connectivity index (χ1v) is 7.79. The second kappa shape index (κ2) is 5.42. The molecule has 1 saturated carbocycles. The number of piperidine rings is 1. The number of rotatable bonds is 3. The summed E-state index contributed by atoms with van der Waals surface area (Å²) in [7, 11) is 0. The van der Waals surface area contributed by atoms with Crippen molar-refractivity contribution in [2.75, 3.05) is 13.1 Å². The van der Waals surface area contributed by atoms with Gasteiger partial charge in [-0.05, 0) is 64.5 Å². The molecule has 19 heavy (non-hydrogen) atoms. The minimum atomic E-state index is -0.272. The molecule has 0 aromatic rings. The lowest BCUT2D eigenvalue weighted by atomic mass is 9.82. The second-order valence-electron chi connectivity index (χ2n) is 7.59. The number of nitrogens with one attached hydrogen (secondary N) is 1. The summed E-state index contributed by atoms with van der Waals surface area (Å²) in [5.74, 6) is 0. The lowest BCUT2D eigenvalue weighted by molar-refractivity contribution is 0.0933. The Labute approximate surface area is 118 Å². The molecule has 0 aromatic heterocycles. The Morgan fingerprint density at radius 3 is 2.37 bits per heavy atom. The fourth-order valence-corrected chi connectivity index (χ4v) is 3.64. The van der Waals surface area contributed by atoms with Crippen molar-refractivity contribution < 1.29 is 0 Å². The molecule has 2 atom stereocenters. The minimum absolute atomic E-state index is 0.272. The molecule has 0 radical (unpaired) electrons. The van der Waals surface area contributed by atoms with Crippen molar-refractivity contribution in [2.45, 2.75) is 77.4 Å². The SMILES string of the molecule is CC(C)NC1(C#N)CCC(N2CCC(C)(C)CC2)C1. The van der Waals surface area contributed by atoms with Gasteiger partial charge >= 0.3 is 0 Å². The van der Waals surface area contributed by atoms with E-state index in [9.17, 15) is 5.26 Å². The molecule has 3 heteroatoms. The zero-order valence-electron chi connectivity index (χ0n) is 13.0. The van der Waals surface area contributed by atoms with E-state index in [-0.39, 0.29) is 5.54 Å². The molecular weight excluding hydrogens is 234 g/mol. The Balaban J connectivity index is 1.93. The highest BCUT2D eigenvalue weighted by Crippen LogP contribution is 2.37. The van der Waals surface area contributed by atoms with Gasteiger partial charge in [0.2, 0.25) is 0 Å². The molecule has 2 aliphatic rings. The Morgan fingerprint density at radius 1 is 1.21 bits per heavy atom. The van der Waals surface area contributed by atoms with Crippen LogP contribution in [0, 0.1) is 16.7 Å². The van der Waals surface area contributed by atoms with E-state index in [2.05, 4.69) is 44.0 Å². The number of nitrogens with zero attached hydrogens (tertiary/aromatic N) is 2.